The molecule has 0 bridgehead atoms. The molecule has 1 heterocycles. The Morgan fingerprint density at radius 3 is 2.43 bits per heavy atom. The summed E-state index contributed by atoms with van der Waals surface area (Å²) in [6.45, 7) is 7.21. The highest BCUT2D eigenvalue weighted by molar-refractivity contribution is 5.88. The third-order valence-electron chi connectivity index (χ3n) is 3.78. The first-order valence-corrected chi connectivity index (χ1v) is 7.42. The number of hydrogen-bond acceptors (Lipinski definition) is 2. The molecule has 0 saturated heterocycles. The van der Waals surface area contributed by atoms with Crippen molar-refractivity contribution < 1.29 is 9.90 Å². The summed E-state index contributed by atoms with van der Waals surface area (Å²) in [7, 11) is 0. The van der Waals surface area contributed by atoms with Crippen LogP contribution in [0.2, 0.25) is 0 Å². The Hall–Kier alpha value is -2.10. The third-order valence-corrected chi connectivity index (χ3v) is 3.78. The van der Waals surface area contributed by atoms with E-state index in [9.17, 15) is 4.79 Å². The molecule has 0 radical (unpaired) electrons. The number of carbonyl (C=O) groups is 1. The molecule has 21 heavy (non-hydrogen) atoms. The number of hydrogen-bond donors (Lipinski definition) is 1. The Kier molecular flexibility index (Phi) is 4.78. The van der Waals surface area contributed by atoms with Gasteiger partial charge >= 0.3 is 5.97 Å². The molecule has 1 aromatic heterocycles. The van der Waals surface area contributed by atoms with Gasteiger partial charge in [0.15, 0.2) is 0 Å². The lowest BCUT2D eigenvalue weighted by molar-refractivity contribution is 0.0697. The predicted molar refractivity (Wildman–Crippen MR) is 83.6 cm³/mol. The Morgan fingerprint density at radius 1 is 1.19 bits per heavy atom. The molecule has 0 aliphatic heterocycles. The smallest absolute Gasteiger partial charge is 0.335 e. The van der Waals surface area contributed by atoms with E-state index < -0.39 is 5.97 Å². The second kappa shape index (κ2) is 6.57. The average Bonchev–Trinajstić information content (AvgIpc) is 2.74. The molecule has 112 valence electrons. The number of benzene rings is 1. The standard InChI is InChI=1S/C17H22N2O2/c1-4-5-6-11-19-13(3)16(12(2)18-19)14-7-9-15(10-8-14)17(20)21/h7-10H,4-6,11H2,1-3H3,(H,20,21). The Balaban J connectivity index is 2.29. The van der Waals surface area contributed by atoms with Crippen LogP contribution >= 0.6 is 0 Å². The monoisotopic (exact) mass is 286 g/mol. The highest BCUT2D eigenvalue weighted by Crippen LogP contribution is 2.27. The topological polar surface area (TPSA) is 55.1 Å². The Labute approximate surface area is 125 Å². The van der Waals surface area contributed by atoms with Crippen LogP contribution in [0.3, 0.4) is 0 Å². The first-order valence-electron chi connectivity index (χ1n) is 7.42. The van der Waals surface area contributed by atoms with Gasteiger partial charge in [-0.2, -0.15) is 5.10 Å². The minimum Gasteiger partial charge on any atom is -0.478 e. The molecule has 0 aliphatic rings. The molecule has 1 aromatic carbocycles. The molecule has 0 spiro atoms. The first kappa shape index (κ1) is 15.3. The maximum absolute atomic E-state index is 10.9. The molecule has 0 atom stereocenters. The lowest BCUT2D eigenvalue weighted by Gasteiger charge is -2.06. The fourth-order valence-electron chi connectivity index (χ4n) is 2.62. The van der Waals surface area contributed by atoms with Crippen LogP contribution < -0.4 is 0 Å². The summed E-state index contributed by atoms with van der Waals surface area (Å²) in [6, 6.07) is 7.00. The van der Waals surface area contributed by atoms with Crippen molar-refractivity contribution in [3.8, 4) is 11.1 Å². The van der Waals surface area contributed by atoms with Crippen molar-refractivity contribution >= 4 is 5.97 Å². The zero-order valence-electron chi connectivity index (χ0n) is 12.9. The van der Waals surface area contributed by atoms with Crippen molar-refractivity contribution in [3.63, 3.8) is 0 Å². The van der Waals surface area contributed by atoms with Crippen LogP contribution in [0.25, 0.3) is 11.1 Å². The molecule has 0 unspecified atom stereocenters. The van der Waals surface area contributed by atoms with Gasteiger partial charge in [0.05, 0.1) is 11.3 Å². The summed E-state index contributed by atoms with van der Waals surface area (Å²) in [4.78, 5) is 10.9. The quantitative estimate of drug-likeness (QED) is 0.815. The van der Waals surface area contributed by atoms with Crippen LogP contribution in [0.15, 0.2) is 24.3 Å². The van der Waals surface area contributed by atoms with Crippen LogP contribution in [0.1, 0.15) is 47.9 Å². The average molecular weight is 286 g/mol. The van der Waals surface area contributed by atoms with Gasteiger partial charge in [0.1, 0.15) is 0 Å². The molecule has 0 saturated carbocycles. The molecule has 4 nitrogen and oxygen atoms in total. The zero-order valence-corrected chi connectivity index (χ0v) is 12.9. The largest absolute Gasteiger partial charge is 0.478 e. The van der Waals surface area contributed by atoms with Crippen LogP contribution in [-0.4, -0.2) is 20.9 Å². The van der Waals surface area contributed by atoms with Gasteiger partial charge in [-0.05, 0) is 38.0 Å². The number of carboxylic acids is 1. The maximum Gasteiger partial charge on any atom is 0.335 e. The summed E-state index contributed by atoms with van der Waals surface area (Å²) in [5.74, 6) is -0.898. The summed E-state index contributed by atoms with van der Waals surface area (Å²) >= 11 is 0. The normalized spacial score (nSPS) is 10.8. The summed E-state index contributed by atoms with van der Waals surface area (Å²) < 4.78 is 2.06. The zero-order chi connectivity index (χ0) is 15.4. The van der Waals surface area contributed by atoms with Gasteiger partial charge in [0, 0.05) is 17.8 Å². The minimum atomic E-state index is -0.898. The van der Waals surface area contributed by atoms with Crippen molar-refractivity contribution in [3.05, 3.63) is 41.2 Å². The lowest BCUT2D eigenvalue weighted by Crippen LogP contribution is -2.02. The lowest BCUT2D eigenvalue weighted by atomic mass is 10.0. The van der Waals surface area contributed by atoms with Crippen molar-refractivity contribution in [2.75, 3.05) is 0 Å². The number of unbranched alkanes of at least 4 members (excludes halogenated alkanes) is 2. The maximum atomic E-state index is 10.9. The molecule has 2 rings (SSSR count). The number of rotatable bonds is 6. The van der Waals surface area contributed by atoms with Gasteiger partial charge in [-0.25, -0.2) is 4.79 Å². The number of carboxylic acid groups (broad SMARTS) is 1. The summed E-state index contributed by atoms with van der Waals surface area (Å²) in [5.41, 5.74) is 4.59. The van der Waals surface area contributed by atoms with Crippen LogP contribution in [0, 0.1) is 13.8 Å². The molecule has 0 amide bonds. The second-order valence-corrected chi connectivity index (χ2v) is 5.36. The van der Waals surface area contributed by atoms with Crippen molar-refractivity contribution in [1.29, 1.82) is 0 Å². The summed E-state index contributed by atoms with van der Waals surface area (Å²) in [5, 5.41) is 13.6. The minimum absolute atomic E-state index is 0.310. The van der Waals surface area contributed by atoms with Gasteiger partial charge in [0.2, 0.25) is 0 Å². The summed E-state index contributed by atoms with van der Waals surface area (Å²) in [6.07, 6.45) is 3.54. The van der Waals surface area contributed by atoms with E-state index in [-0.39, 0.29) is 0 Å². The first-order chi connectivity index (χ1) is 10.0. The van der Waals surface area contributed by atoms with E-state index in [1.54, 1.807) is 12.1 Å². The fourth-order valence-corrected chi connectivity index (χ4v) is 2.62. The van der Waals surface area contributed by atoms with Crippen molar-refractivity contribution in [2.45, 2.75) is 46.6 Å². The van der Waals surface area contributed by atoms with Crippen LogP contribution in [0.4, 0.5) is 0 Å². The second-order valence-electron chi connectivity index (χ2n) is 5.36. The van der Waals surface area contributed by atoms with Crippen LogP contribution in [0.5, 0.6) is 0 Å². The molecule has 0 fully saturated rings. The van der Waals surface area contributed by atoms with Gasteiger partial charge in [-0.1, -0.05) is 31.9 Å². The van der Waals surface area contributed by atoms with Crippen molar-refractivity contribution in [1.82, 2.24) is 9.78 Å². The van der Waals surface area contributed by atoms with E-state index in [0.29, 0.717) is 5.56 Å². The van der Waals surface area contributed by atoms with E-state index in [2.05, 4.69) is 23.6 Å². The highest BCUT2D eigenvalue weighted by atomic mass is 16.4. The van der Waals surface area contributed by atoms with E-state index >= 15 is 0 Å². The van der Waals surface area contributed by atoms with Crippen LogP contribution in [-0.2, 0) is 6.54 Å². The predicted octanol–water partition coefficient (Wildman–Crippen LogP) is 4.06. The highest BCUT2D eigenvalue weighted by Gasteiger charge is 2.13. The van der Waals surface area contributed by atoms with E-state index in [1.807, 2.05) is 19.1 Å². The van der Waals surface area contributed by atoms with Gasteiger partial charge in [-0.3, -0.25) is 4.68 Å². The van der Waals surface area contributed by atoms with Gasteiger partial charge < -0.3 is 5.11 Å². The third kappa shape index (κ3) is 3.32. The Morgan fingerprint density at radius 2 is 1.86 bits per heavy atom. The number of aryl methyl sites for hydroxylation is 2. The molecule has 1 N–H and O–H groups in total. The molecule has 2 aromatic rings. The molecular formula is C17H22N2O2. The van der Waals surface area contributed by atoms with E-state index in [4.69, 9.17) is 5.11 Å². The van der Waals surface area contributed by atoms with E-state index in [0.717, 1.165) is 35.5 Å². The van der Waals surface area contributed by atoms with Gasteiger partial charge in [-0.15, -0.1) is 0 Å². The van der Waals surface area contributed by atoms with E-state index in [1.165, 1.54) is 12.8 Å². The fraction of sp³-hybridized carbons (Fsp3) is 0.412. The number of nitrogens with zero attached hydrogens (tertiary/aromatic N) is 2. The molecular weight excluding hydrogens is 264 g/mol. The number of aromatic nitrogens is 2. The van der Waals surface area contributed by atoms with Gasteiger partial charge in [0.25, 0.3) is 0 Å². The number of aromatic carboxylic acids is 1. The Bertz CT molecular complexity index is 627. The molecule has 4 heteroatoms. The molecule has 0 aliphatic carbocycles. The van der Waals surface area contributed by atoms with Crippen molar-refractivity contribution in [2.24, 2.45) is 0 Å². The SMILES string of the molecule is CCCCCn1nc(C)c(-c2ccc(C(=O)O)cc2)c1C.